The van der Waals surface area contributed by atoms with Crippen LogP contribution < -0.4 is 4.74 Å². The third-order valence-corrected chi connectivity index (χ3v) is 5.92. The number of imidazole rings is 1. The summed E-state index contributed by atoms with van der Waals surface area (Å²) in [6, 6.07) is 9.18. The normalized spacial score (nSPS) is 15.7. The number of ether oxygens (including phenoxy) is 1. The fourth-order valence-corrected chi connectivity index (χ4v) is 4.24. The lowest BCUT2D eigenvalue weighted by Crippen LogP contribution is -2.18. The smallest absolute Gasteiger partial charge is 0.238 e. The van der Waals surface area contributed by atoms with E-state index >= 15 is 0 Å². The molecule has 5 rings (SSSR count). The number of hydrogen-bond donors (Lipinski definition) is 0. The maximum Gasteiger partial charge on any atom is 0.238 e. The average Bonchev–Trinajstić information content (AvgIpc) is 3.45. The second-order valence-corrected chi connectivity index (χ2v) is 8.27. The molecule has 0 amide bonds. The Labute approximate surface area is 191 Å². The quantitative estimate of drug-likeness (QED) is 0.446. The van der Waals surface area contributed by atoms with Crippen LogP contribution in [0.25, 0.3) is 17.8 Å². The Bertz CT molecular complexity index is 1340. The van der Waals surface area contributed by atoms with Crippen LogP contribution in [-0.4, -0.2) is 36.4 Å². The van der Waals surface area contributed by atoms with Crippen LogP contribution in [0, 0.1) is 19.7 Å². The number of aryl methyl sites for hydroxylation is 3. The van der Waals surface area contributed by atoms with Crippen molar-refractivity contribution < 1.29 is 9.13 Å². The Hall–Kier alpha value is -3.81. The first-order valence-corrected chi connectivity index (χ1v) is 11.0. The standard InChI is InChI=1S/C25H25FN6O/c1-16-13-18(6-9-21(16)26)20-5-4-12-32-24(20)29-23(30-32)11-8-19-7-10-22(25(28-19)33-3)31-14-17(2)27-15-31/h6-11,13-15,20H,4-5,12H2,1-3H3/b11-8+/t20-/m0/s1. The van der Waals surface area contributed by atoms with Crippen molar-refractivity contribution in [2.45, 2.75) is 39.2 Å². The Morgan fingerprint density at radius 2 is 2.00 bits per heavy atom. The van der Waals surface area contributed by atoms with E-state index in [4.69, 9.17) is 9.72 Å². The summed E-state index contributed by atoms with van der Waals surface area (Å²) < 4.78 is 23.1. The molecule has 1 aliphatic rings. The van der Waals surface area contributed by atoms with Crippen molar-refractivity contribution in [3.63, 3.8) is 0 Å². The minimum absolute atomic E-state index is 0.115. The zero-order valence-corrected chi connectivity index (χ0v) is 18.9. The van der Waals surface area contributed by atoms with E-state index < -0.39 is 0 Å². The van der Waals surface area contributed by atoms with Gasteiger partial charge in [-0.3, -0.25) is 0 Å². The molecule has 0 aliphatic carbocycles. The number of nitrogens with zero attached hydrogens (tertiary/aromatic N) is 6. The van der Waals surface area contributed by atoms with E-state index in [1.165, 1.54) is 6.07 Å². The van der Waals surface area contributed by atoms with Crippen molar-refractivity contribution in [2.75, 3.05) is 7.11 Å². The minimum atomic E-state index is -0.184. The maximum absolute atomic E-state index is 13.7. The molecule has 3 aromatic heterocycles. The summed E-state index contributed by atoms with van der Waals surface area (Å²) in [5.41, 5.74) is 4.22. The van der Waals surface area contributed by atoms with Crippen molar-refractivity contribution >= 4 is 12.2 Å². The van der Waals surface area contributed by atoms with Gasteiger partial charge in [-0.1, -0.05) is 12.1 Å². The van der Waals surface area contributed by atoms with Crippen LogP contribution in [0.3, 0.4) is 0 Å². The lowest BCUT2D eigenvalue weighted by molar-refractivity contribution is 0.395. The van der Waals surface area contributed by atoms with E-state index in [0.29, 0.717) is 17.3 Å². The van der Waals surface area contributed by atoms with Gasteiger partial charge in [0.1, 0.15) is 17.3 Å². The molecule has 0 saturated heterocycles. The first-order chi connectivity index (χ1) is 16.0. The number of methoxy groups -OCH3 is 1. The van der Waals surface area contributed by atoms with Gasteiger partial charge < -0.3 is 9.30 Å². The van der Waals surface area contributed by atoms with Gasteiger partial charge in [0.15, 0.2) is 5.82 Å². The van der Waals surface area contributed by atoms with E-state index in [2.05, 4.69) is 15.1 Å². The largest absolute Gasteiger partial charge is 0.479 e. The zero-order chi connectivity index (χ0) is 22.9. The van der Waals surface area contributed by atoms with Gasteiger partial charge >= 0.3 is 0 Å². The number of aromatic nitrogens is 6. The predicted molar refractivity (Wildman–Crippen MR) is 124 cm³/mol. The first-order valence-electron chi connectivity index (χ1n) is 11.0. The Morgan fingerprint density at radius 3 is 2.76 bits per heavy atom. The van der Waals surface area contributed by atoms with Crippen LogP contribution >= 0.6 is 0 Å². The lowest BCUT2D eigenvalue weighted by atomic mass is 9.90. The molecule has 33 heavy (non-hydrogen) atoms. The molecule has 168 valence electrons. The Kier molecular flexibility index (Phi) is 5.50. The van der Waals surface area contributed by atoms with E-state index in [-0.39, 0.29) is 11.7 Å². The maximum atomic E-state index is 13.7. The highest BCUT2D eigenvalue weighted by Gasteiger charge is 2.25. The second-order valence-electron chi connectivity index (χ2n) is 8.27. The van der Waals surface area contributed by atoms with E-state index in [1.54, 1.807) is 20.4 Å². The summed E-state index contributed by atoms with van der Waals surface area (Å²) in [4.78, 5) is 13.6. The molecule has 1 atom stereocenters. The Morgan fingerprint density at radius 1 is 1.12 bits per heavy atom. The van der Waals surface area contributed by atoms with Gasteiger partial charge in [-0.2, -0.15) is 5.10 Å². The molecule has 4 heterocycles. The van der Waals surface area contributed by atoms with Crippen LogP contribution in [0.2, 0.25) is 0 Å². The SMILES string of the molecule is COc1nc(/C=C/c2nc3n(n2)CCC[C@H]3c2ccc(F)c(C)c2)ccc1-n1cnc(C)c1. The van der Waals surface area contributed by atoms with Crippen molar-refractivity contribution in [1.82, 2.24) is 29.3 Å². The summed E-state index contributed by atoms with van der Waals surface area (Å²) in [6.07, 6.45) is 9.39. The number of fused-ring (bicyclic) bond motifs is 1. The average molecular weight is 445 g/mol. The highest BCUT2D eigenvalue weighted by Crippen LogP contribution is 2.33. The van der Waals surface area contributed by atoms with Crippen LogP contribution in [-0.2, 0) is 6.54 Å². The summed E-state index contributed by atoms with van der Waals surface area (Å²) in [5.74, 6) is 1.99. The van der Waals surface area contributed by atoms with Crippen molar-refractivity contribution in [3.05, 3.63) is 82.8 Å². The van der Waals surface area contributed by atoms with Gasteiger partial charge in [-0.25, -0.2) is 24.0 Å². The molecule has 0 fully saturated rings. The Balaban J connectivity index is 1.41. The minimum Gasteiger partial charge on any atom is -0.479 e. The molecule has 0 radical (unpaired) electrons. The van der Waals surface area contributed by atoms with Crippen molar-refractivity contribution in [3.8, 4) is 11.6 Å². The third kappa shape index (κ3) is 4.16. The predicted octanol–water partition coefficient (Wildman–Crippen LogP) is 4.72. The van der Waals surface area contributed by atoms with Gasteiger partial charge in [-0.15, -0.1) is 0 Å². The van der Waals surface area contributed by atoms with Gasteiger partial charge in [0.2, 0.25) is 5.88 Å². The highest BCUT2D eigenvalue weighted by atomic mass is 19.1. The molecule has 1 aromatic carbocycles. The number of halogens is 1. The molecule has 1 aliphatic heterocycles. The van der Waals surface area contributed by atoms with Gasteiger partial charge in [0, 0.05) is 18.7 Å². The third-order valence-electron chi connectivity index (χ3n) is 5.92. The highest BCUT2D eigenvalue weighted by molar-refractivity contribution is 5.65. The fourth-order valence-electron chi connectivity index (χ4n) is 4.24. The van der Waals surface area contributed by atoms with E-state index in [9.17, 15) is 4.39 Å². The molecule has 0 saturated carbocycles. The molecular formula is C25H25FN6O. The number of benzene rings is 1. The number of hydrogen-bond acceptors (Lipinski definition) is 5. The van der Waals surface area contributed by atoms with Crippen LogP contribution in [0.5, 0.6) is 5.88 Å². The van der Waals surface area contributed by atoms with E-state index in [1.807, 2.05) is 58.8 Å². The summed E-state index contributed by atoms with van der Waals surface area (Å²) in [7, 11) is 1.60. The van der Waals surface area contributed by atoms with Gasteiger partial charge in [0.05, 0.1) is 24.8 Å². The molecule has 0 N–H and O–H groups in total. The molecule has 8 heteroatoms. The topological polar surface area (TPSA) is 70.7 Å². The van der Waals surface area contributed by atoms with Gasteiger partial charge in [0.25, 0.3) is 0 Å². The van der Waals surface area contributed by atoms with Crippen LogP contribution in [0.15, 0.2) is 42.9 Å². The molecule has 0 spiro atoms. The summed E-state index contributed by atoms with van der Waals surface area (Å²) in [5, 5.41) is 4.67. The molecule has 7 nitrogen and oxygen atoms in total. The fraction of sp³-hybridized carbons (Fsp3) is 0.280. The van der Waals surface area contributed by atoms with E-state index in [0.717, 1.165) is 47.8 Å². The van der Waals surface area contributed by atoms with Crippen LogP contribution in [0.4, 0.5) is 4.39 Å². The molecular weight excluding hydrogens is 419 g/mol. The zero-order valence-electron chi connectivity index (χ0n) is 18.9. The molecule has 4 aromatic rings. The van der Waals surface area contributed by atoms with Crippen LogP contribution in [0.1, 0.15) is 52.9 Å². The van der Waals surface area contributed by atoms with Gasteiger partial charge in [-0.05, 0) is 68.2 Å². The summed E-state index contributed by atoms with van der Waals surface area (Å²) >= 11 is 0. The number of rotatable bonds is 5. The number of pyridine rings is 1. The molecule has 0 bridgehead atoms. The van der Waals surface area contributed by atoms with Crippen molar-refractivity contribution in [2.24, 2.45) is 0 Å². The lowest BCUT2D eigenvalue weighted by Gasteiger charge is -2.22. The first kappa shape index (κ1) is 21.1. The monoisotopic (exact) mass is 444 g/mol. The molecule has 0 unspecified atom stereocenters. The van der Waals surface area contributed by atoms with Crippen molar-refractivity contribution in [1.29, 1.82) is 0 Å². The summed E-state index contributed by atoms with van der Waals surface area (Å²) in [6.45, 7) is 4.56. The second kappa shape index (κ2) is 8.61.